The van der Waals surface area contributed by atoms with Gasteiger partial charge in [-0.15, -0.1) is 0 Å². The number of hydrogen-bond acceptors (Lipinski definition) is 4. The van der Waals surface area contributed by atoms with E-state index in [4.69, 9.17) is 21.1 Å². The van der Waals surface area contributed by atoms with Crippen LogP contribution in [0.25, 0.3) is 0 Å². The first kappa shape index (κ1) is 20.7. The molecule has 144 valence electrons. The first-order chi connectivity index (χ1) is 12.7. The maximum absolute atomic E-state index is 13.0. The maximum atomic E-state index is 13.0. The molecular formula is C20H21ClFNO4. The van der Waals surface area contributed by atoms with Crippen molar-refractivity contribution in [1.29, 1.82) is 0 Å². The van der Waals surface area contributed by atoms with Gasteiger partial charge < -0.3 is 14.8 Å². The van der Waals surface area contributed by atoms with E-state index in [0.29, 0.717) is 5.75 Å². The highest BCUT2D eigenvalue weighted by Gasteiger charge is 2.20. The van der Waals surface area contributed by atoms with E-state index in [1.807, 2.05) is 32.9 Å². The molecule has 1 amide bonds. The number of hydrogen-bond donors (Lipinski definition) is 1. The molecule has 1 atom stereocenters. The Labute approximate surface area is 162 Å². The summed E-state index contributed by atoms with van der Waals surface area (Å²) in [6.07, 6.45) is -1.07. The monoisotopic (exact) mass is 393 g/mol. The second-order valence-electron chi connectivity index (χ2n) is 6.26. The number of halogens is 2. The van der Waals surface area contributed by atoms with Crippen molar-refractivity contribution in [1.82, 2.24) is 0 Å². The van der Waals surface area contributed by atoms with Crippen LogP contribution < -0.4 is 10.1 Å². The van der Waals surface area contributed by atoms with Crippen LogP contribution in [0.2, 0.25) is 5.02 Å². The Kier molecular flexibility index (Phi) is 6.80. The molecule has 0 unspecified atom stereocenters. The Bertz CT molecular complexity index is 846. The zero-order valence-corrected chi connectivity index (χ0v) is 16.3. The average molecular weight is 394 g/mol. The molecule has 0 bridgehead atoms. The third-order valence-corrected chi connectivity index (χ3v) is 4.12. The van der Waals surface area contributed by atoms with Gasteiger partial charge in [0.05, 0.1) is 10.7 Å². The highest BCUT2D eigenvalue weighted by atomic mass is 35.5. The first-order valence-corrected chi connectivity index (χ1v) is 8.71. The lowest BCUT2D eigenvalue weighted by Gasteiger charge is -2.16. The summed E-state index contributed by atoms with van der Waals surface area (Å²) in [6.45, 7) is 6.87. The van der Waals surface area contributed by atoms with Gasteiger partial charge in [-0.05, 0) is 57.0 Å². The number of esters is 1. The topological polar surface area (TPSA) is 64.6 Å². The Morgan fingerprint density at radius 2 is 1.78 bits per heavy atom. The van der Waals surface area contributed by atoms with E-state index >= 15 is 0 Å². The molecule has 0 aliphatic carbocycles. The molecule has 2 rings (SSSR count). The summed E-state index contributed by atoms with van der Waals surface area (Å²) in [7, 11) is 0. The zero-order valence-electron chi connectivity index (χ0n) is 15.6. The zero-order chi connectivity index (χ0) is 20.1. The number of carbonyl (C=O) groups excluding carboxylic acids is 2. The molecule has 0 saturated heterocycles. The quantitative estimate of drug-likeness (QED) is 0.741. The van der Waals surface area contributed by atoms with Gasteiger partial charge in [0, 0.05) is 0 Å². The number of rotatable bonds is 6. The van der Waals surface area contributed by atoms with Crippen molar-refractivity contribution >= 4 is 29.2 Å². The lowest BCUT2D eigenvalue weighted by molar-refractivity contribution is -0.155. The summed E-state index contributed by atoms with van der Waals surface area (Å²) in [5.41, 5.74) is 3.16. The predicted molar refractivity (Wildman–Crippen MR) is 102 cm³/mol. The van der Waals surface area contributed by atoms with Gasteiger partial charge in [0.25, 0.3) is 5.91 Å². The van der Waals surface area contributed by atoms with Gasteiger partial charge in [-0.1, -0.05) is 29.3 Å². The lowest BCUT2D eigenvalue weighted by atomic mass is 10.1. The minimum Gasteiger partial charge on any atom is -0.481 e. The maximum Gasteiger partial charge on any atom is 0.344 e. The largest absolute Gasteiger partial charge is 0.481 e. The number of amides is 1. The standard InChI is InChI=1S/C20H21ClFNO4/c1-11-7-12(2)19(13(3)8-11)26-10-18(24)27-14(4)20(25)23-17-6-5-15(22)9-16(17)21/h5-9,14H,10H2,1-4H3,(H,23,25)/t14-/m0/s1. The number of benzene rings is 2. The summed E-state index contributed by atoms with van der Waals surface area (Å²) in [5.74, 6) is -1.16. The summed E-state index contributed by atoms with van der Waals surface area (Å²) >= 11 is 5.86. The fourth-order valence-corrected chi connectivity index (χ4v) is 2.85. The molecule has 5 nitrogen and oxygen atoms in total. The Balaban J connectivity index is 1.90. The first-order valence-electron chi connectivity index (χ1n) is 8.33. The van der Waals surface area contributed by atoms with Gasteiger partial charge >= 0.3 is 5.97 Å². The van der Waals surface area contributed by atoms with Crippen molar-refractivity contribution in [3.8, 4) is 5.75 Å². The summed E-state index contributed by atoms with van der Waals surface area (Å²) in [6, 6.07) is 7.48. The van der Waals surface area contributed by atoms with Gasteiger partial charge in [-0.3, -0.25) is 4.79 Å². The van der Waals surface area contributed by atoms with Crippen molar-refractivity contribution in [2.24, 2.45) is 0 Å². The second-order valence-corrected chi connectivity index (χ2v) is 6.67. The van der Waals surface area contributed by atoms with E-state index < -0.39 is 23.8 Å². The average Bonchev–Trinajstić information content (AvgIpc) is 2.56. The third kappa shape index (κ3) is 5.69. The van der Waals surface area contributed by atoms with E-state index in [1.54, 1.807) is 0 Å². The Hall–Kier alpha value is -2.60. The van der Waals surface area contributed by atoms with Crippen LogP contribution in [0.3, 0.4) is 0 Å². The molecule has 0 fully saturated rings. The van der Waals surface area contributed by atoms with Crippen LogP contribution in [0.5, 0.6) is 5.75 Å². The Morgan fingerprint density at radius 1 is 1.15 bits per heavy atom. The molecule has 2 aromatic carbocycles. The van der Waals surface area contributed by atoms with Crippen molar-refractivity contribution in [3.05, 3.63) is 57.9 Å². The van der Waals surface area contributed by atoms with Crippen LogP contribution in [-0.2, 0) is 14.3 Å². The Morgan fingerprint density at radius 3 is 2.37 bits per heavy atom. The van der Waals surface area contributed by atoms with Crippen molar-refractivity contribution < 1.29 is 23.5 Å². The number of carbonyl (C=O) groups is 2. The third-order valence-electron chi connectivity index (χ3n) is 3.81. The molecule has 2 aromatic rings. The predicted octanol–water partition coefficient (Wildman–Crippen LogP) is 4.35. The molecule has 0 aliphatic rings. The number of anilines is 1. The van der Waals surface area contributed by atoms with E-state index in [9.17, 15) is 14.0 Å². The minimum absolute atomic E-state index is 0.0514. The van der Waals surface area contributed by atoms with E-state index in [-0.39, 0.29) is 17.3 Å². The van der Waals surface area contributed by atoms with Gasteiger partial charge in [0.1, 0.15) is 11.6 Å². The van der Waals surface area contributed by atoms with Gasteiger partial charge in [-0.25, -0.2) is 9.18 Å². The van der Waals surface area contributed by atoms with E-state index in [0.717, 1.165) is 28.8 Å². The van der Waals surface area contributed by atoms with Crippen LogP contribution >= 0.6 is 11.6 Å². The number of nitrogens with one attached hydrogen (secondary N) is 1. The molecule has 0 spiro atoms. The molecule has 27 heavy (non-hydrogen) atoms. The molecule has 0 aromatic heterocycles. The second kappa shape index (κ2) is 8.86. The van der Waals surface area contributed by atoms with Gasteiger partial charge in [0.2, 0.25) is 0 Å². The molecule has 0 radical (unpaired) electrons. The summed E-state index contributed by atoms with van der Waals surface area (Å²) < 4.78 is 23.7. The van der Waals surface area contributed by atoms with Crippen LogP contribution in [0, 0.1) is 26.6 Å². The molecule has 0 aliphatic heterocycles. The highest BCUT2D eigenvalue weighted by Crippen LogP contribution is 2.25. The SMILES string of the molecule is Cc1cc(C)c(OCC(=O)O[C@@H](C)C(=O)Nc2ccc(F)cc2Cl)c(C)c1. The molecule has 0 saturated carbocycles. The van der Waals surface area contributed by atoms with Crippen LogP contribution in [0.4, 0.5) is 10.1 Å². The summed E-state index contributed by atoms with van der Waals surface area (Å²) in [4.78, 5) is 24.1. The fourth-order valence-electron chi connectivity index (χ4n) is 2.64. The van der Waals surface area contributed by atoms with E-state index in [2.05, 4.69) is 5.32 Å². The number of aryl methyl sites for hydroxylation is 3. The molecule has 0 heterocycles. The smallest absolute Gasteiger partial charge is 0.344 e. The van der Waals surface area contributed by atoms with Crippen molar-refractivity contribution in [2.75, 3.05) is 11.9 Å². The van der Waals surface area contributed by atoms with Gasteiger partial charge in [-0.2, -0.15) is 0 Å². The fraction of sp³-hybridized carbons (Fsp3) is 0.300. The van der Waals surface area contributed by atoms with Crippen LogP contribution in [-0.4, -0.2) is 24.6 Å². The summed E-state index contributed by atoms with van der Waals surface area (Å²) in [5, 5.41) is 2.54. The highest BCUT2D eigenvalue weighted by molar-refractivity contribution is 6.33. The number of ether oxygens (including phenoxy) is 2. The van der Waals surface area contributed by atoms with Crippen molar-refractivity contribution in [2.45, 2.75) is 33.8 Å². The lowest BCUT2D eigenvalue weighted by Crippen LogP contribution is -2.31. The van der Waals surface area contributed by atoms with Gasteiger partial charge in [0.15, 0.2) is 12.7 Å². The normalized spacial score (nSPS) is 11.6. The van der Waals surface area contributed by atoms with Crippen LogP contribution in [0.1, 0.15) is 23.6 Å². The van der Waals surface area contributed by atoms with E-state index in [1.165, 1.54) is 13.0 Å². The molecule has 7 heteroatoms. The van der Waals surface area contributed by atoms with Crippen LogP contribution in [0.15, 0.2) is 30.3 Å². The van der Waals surface area contributed by atoms with Crippen molar-refractivity contribution in [3.63, 3.8) is 0 Å². The molecular weight excluding hydrogens is 373 g/mol. The molecule has 1 N–H and O–H groups in total. The minimum atomic E-state index is -1.07.